The first-order valence-corrected chi connectivity index (χ1v) is 7.66. The molecular formula is C20H17B. The Balaban J connectivity index is 1.98. The van der Waals surface area contributed by atoms with Crippen molar-refractivity contribution < 1.29 is 0 Å². The van der Waals surface area contributed by atoms with Crippen LogP contribution in [0.1, 0.15) is 18.4 Å². The van der Waals surface area contributed by atoms with Crippen LogP contribution < -0.4 is 0 Å². The van der Waals surface area contributed by atoms with Crippen molar-refractivity contribution in [2.24, 2.45) is 5.92 Å². The van der Waals surface area contributed by atoms with E-state index in [9.17, 15) is 0 Å². The van der Waals surface area contributed by atoms with Gasteiger partial charge in [-0.05, 0) is 46.5 Å². The summed E-state index contributed by atoms with van der Waals surface area (Å²) in [5, 5.41) is 0. The largest absolute Gasteiger partial charge is 0.0839 e. The molecule has 0 nitrogen and oxygen atoms in total. The Kier molecular flexibility index (Phi) is 3.07. The van der Waals surface area contributed by atoms with Crippen LogP contribution in [0.3, 0.4) is 0 Å². The Hall–Kier alpha value is -2.02. The quantitative estimate of drug-likeness (QED) is 0.642. The Labute approximate surface area is 127 Å². The maximum atomic E-state index is 6.56. The third-order valence-electron chi connectivity index (χ3n) is 4.67. The van der Waals surface area contributed by atoms with E-state index in [1.165, 1.54) is 27.9 Å². The molecule has 100 valence electrons. The Morgan fingerprint density at radius 3 is 2.67 bits per heavy atom. The molecule has 0 saturated carbocycles. The number of benzene rings is 1. The molecular weight excluding hydrogens is 251 g/mol. The number of fused-ring (bicyclic) bond motifs is 1. The molecule has 0 aromatic heterocycles. The predicted molar refractivity (Wildman–Crippen MR) is 90.0 cm³/mol. The molecule has 0 heterocycles. The topological polar surface area (TPSA) is 0 Å². The lowest BCUT2D eigenvalue weighted by Crippen LogP contribution is -2.21. The number of allylic oxidation sites excluding steroid dienone is 10. The van der Waals surface area contributed by atoms with Crippen molar-refractivity contribution in [3.63, 3.8) is 0 Å². The van der Waals surface area contributed by atoms with Crippen LogP contribution in [-0.4, -0.2) is 7.85 Å². The minimum Gasteiger partial charge on any atom is -0.0839 e. The van der Waals surface area contributed by atoms with Crippen LogP contribution in [0.2, 0.25) is 5.82 Å². The molecule has 0 saturated heterocycles. The zero-order chi connectivity index (χ0) is 14.2. The third-order valence-corrected chi connectivity index (χ3v) is 4.67. The second-order valence-electron chi connectivity index (χ2n) is 5.87. The van der Waals surface area contributed by atoms with Gasteiger partial charge in [-0.25, -0.2) is 0 Å². The molecule has 0 bridgehead atoms. The van der Waals surface area contributed by atoms with Gasteiger partial charge in [0.25, 0.3) is 0 Å². The molecule has 1 aromatic rings. The van der Waals surface area contributed by atoms with Crippen molar-refractivity contribution in [3.8, 4) is 0 Å². The van der Waals surface area contributed by atoms with Gasteiger partial charge in [0.15, 0.2) is 0 Å². The average molecular weight is 268 g/mol. The molecule has 0 aliphatic heterocycles. The zero-order valence-electron chi connectivity index (χ0n) is 12.0. The molecule has 1 aromatic carbocycles. The van der Waals surface area contributed by atoms with Crippen LogP contribution in [0.25, 0.3) is 5.57 Å². The molecule has 1 heteroatoms. The molecule has 2 unspecified atom stereocenters. The molecule has 4 rings (SSSR count). The number of hydrogen-bond acceptors (Lipinski definition) is 0. The van der Waals surface area contributed by atoms with E-state index in [0.717, 1.165) is 12.8 Å². The first-order chi connectivity index (χ1) is 10.4. The second-order valence-corrected chi connectivity index (χ2v) is 5.87. The van der Waals surface area contributed by atoms with Crippen molar-refractivity contribution in [1.29, 1.82) is 0 Å². The minimum absolute atomic E-state index is 0.0835. The monoisotopic (exact) mass is 268 g/mol. The Bertz CT molecular complexity index is 713. The minimum atomic E-state index is 0.0835. The highest BCUT2D eigenvalue weighted by atomic mass is 14.3. The second kappa shape index (κ2) is 5.07. The highest BCUT2D eigenvalue weighted by Crippen LogP contribution is 2.49. The van der Waals surface area contributed by atoms with Crippen molar-refractivity contribution in [2.45, 2.75) is 18.7 Å². The van der Waals surface area contributed by atoms with E-state index in [1.54, 1.807) is 0 Å². The third kappa shape index (κ3) is 2.00. The van der Waals surface area contributed by atoms with Gasteiger partial charge in [0.2, 0.25) is 0 Å². The summed E-state index contributed by atoms with van der Waals surface area (Å²) in [6.45, 7) is 0. The molecule has 0 amide bonds. The standard InChI is InChI=1S/C20H17B/c21-20-17-12-6-4-10-15(17)19(14-8-2-1-3-9-14)16-11-5-7-13-18(16)20/h1-4,6-10,12-13,17,20H,5,11H2. The van der Waals surface area contributed by atoms with Crippen molar-refractivity contribution in [1.82, 2.24) is 0 Å². The lowest BCUT2D eigenvalue weighted by Gasteiger charge is -2.37. The van der Waals surface area contributed by atoms with Crippen LogP contribution >= 0.6 is 0 Å². The summed E-state index contributed by atoms with van der Waals surface area (Å²) in [5.74, 6) is 0.381. The Morgan fingerprint density at radius 1 is 0.952 bits per heavy atom. The molecule has 0 spiro atoms. The van der Waals surface area contributed by atoms with Gasteiger partial charge in [-0.15, -0.1) is 0 Å². The van der Waals surface area contributed by atoms with E-state index in [4.69, 9.17) is 7.85 Å². The van der Waals surface area contributed by atoms with Gasteiger partial charge in [0.1, 0.15) is 0 Å². The smallest absolute Gasteiger partial charge is 0.0776 e. The van der Waals surface area contributed by atoms with E-state index >= 15 is 0 Å². The molecule has 0 N–H and O–H groups in total. The maximum absolute atomic E-state index is 6.56. The summed E-state index contributed by atoms with van der Waals surface area (Å²) in [7, 11) is 6.56. The van der Waals surface area contributed by atoms with E-state index in [2.05, 4.69) is 66.8 Å². The highest BCUT2D eigenvalue weighted by Gasteiger charge is 2.32. The summed E-state index contributed by atoms with van der Waals surface area (Å²) < 4.78 is 0. The molecule has 2 atom stereocenters. The van der Waals surface area contributed by atoms with Crippen molar-refractivity contribution in [3.05, 3.63) is 89.1 Å². The van der Waals surface area contributed by atoms with Gasteiger partial charge in [0, 0.05) is 5.92 Å². The summed E-state index contributed by atoms with van der Waals surface area (Å²) in [5.41, 5.74) is 6.87. The van der Waals surface area contributed by atoms with E-state index in [-0.39, 0.29) is 5.82 Å². The van der Waals surface area contributed by atoms with Crippen LogP contribution in [-0.2, 0) is 0 Å². The molecule has 3 aliphatic rings. The van der Waals surface area contributed by atoms with Crippen LogP contribution in [0.4, 0.5) is 0 Å². The molecule has 2 radical (unpaired) electrons. The summed E-state index contributed by atoms with van der Waals surface area (Å²) in [6.07, 6.45) is 15.4. The predicted octanol–water partition coefficient (Wildman–Crippen LogP) is 4.80. The SMILES string of the molecule is [B]C1C2=C(CCC=C2)C(c2ccccc2)=C2C=CC=CC21. The lowest BCUT2D eigenvalue weighted by molar-refractivity contribution is 0.736. The maximum Gasteiger partial charge on any atom is 0.0776 e. The van der Waals surface area contributed by atoms with Gasteiger partial charge < -0.3 is 0 Å². The fraction of sp³-hybridized carbons (Fsp3) is 0.200. The summed E-state index contributed by atoms with van der Waals surface area (Å²) >= 11 is 0. The average Bonchev–Trinajstić information content (AvgIpc) is 2.56. The fourth-order valence-corrected chi connectivity index (χ4v) is 3.70. The summed E-state index contributed by atoms with van der Waals surface area (Å²) in [6, 6.07) is 10.7. The van der Waals surface area contributed by atoms with Crippen LogP contribution in [0, 0.1) is 5.92 Å². The summed E-state index contributed by atoms with van der Waals surface area (Å²) in [4.78, 5) is 0. The zero-order valence-corrected chi connectivity index (χ0v) is 12.0. The van der Waals surface area contributed by atoms with Gasteiger partial charge >= 0.3 is 0 Å². The lowest BCUT2D eigenvalue weighted by atomic mass is 9.60. The Morgan fingerprint density at radius 2 is 1.81 bits per heavy atom. The number of rotatable bonds is 1. The first kappa shape index (κ1) is 12.7. The van der Waals surface area contributed by atoms with Crippen molar-refractivity contribution in [2.75, 3.05) is 0 Å². The first-order valence-electron chi connectivity index (χ1n) is 7.66. The van der Waals surface area contributed by atoms with Crippen molar-refractivity contribution >= 4 is 13.4 Å². The van der Waals surface area contributed by atoms with Gasteiger partial charge in [-0.2, -0.15) is 0 Å². The van der Waals surface area contributed by atoms with Crippen LogP contribution in [0.15, 0.2) is 83.5 Å². The van der Waals surface area contributed by atoms with Crippen LogP contribution in [0.5, 0.6) is 0 Å². The van der Waals surface area contributed by atoms with E-state index in [1.807, 2.05) is 0 Å². The fourth-order valence-electron chi connectivity index (χ4n) is 3.70. The van der Waals surface area contributed by atoms with E-state index < -0.39 is 0 Å². The normalized spacial score (nSPS) is 26.9. The molecule has 21 heavy (non-hydrogen) atoms. The molecule has 0 fully saturated rings. The van der Waals surface area contributed by atoms with Gasteiger partial charge in [-0.1, -0.05) is 66.8 Å². The molecule has 3 aliphatic carbocycles. The van der Waals surface area contributed by atoms with Gasteiger partial charge in [-0.3, -0.25) is 0 Å². The van der Waals surface area contributed by atoms with Gasteiger partial charge in [0.05, 0.1) is 7.85 Å². The van der Waals surface area contributed by atoms with E-state index in [0.29, 0.717) is 5.92 Å². The number of hydrogen-bond donors (Lipinski definition) is 0. The highest BCUT2D eigenvalue weighted by molar-refractivity contribution is 6.16.